The van der Waals surface area contributed by atoms with Crippen LogP contribution in [0.15, 0.2) is 11.6 Å². The van der Waals surface area contributed by atoms with Crippen LogP contribution in [0.5, 0.6) is 0 Å². The van der Waals surface area contributed by atoms with E-state index in [1.165, 1.54) is 20.8 Å². The number of carbonyl (C=O) groups is 3. The second kappa shape index (κ2) is 20.9. The lowest BCUT2D eigenvalue weighted by molar-refractivity contribution is -0.383. The monoisotopic (exact) mass is 1120 g/mol. The first-order valence-electron chi connectivity index (χ1n) is 27.3. The molecule has 0 amide bonds. The summed E-state index contributed by atoms with van der Waals surface area (Å²) in [6, 6.07) is 0. The van der Waals surface area contributed by atoms with Crippen LogP contribution in [0.2, 0.25) is 0 Å². The third kappa shape index (κ3) is 9.21. The van der Waals surface area contributed by atoms with E-state index in [1.807, 2.05) is 6.92 Å². The molecule has 8 fully saturated rings. The van der Waals surface area contributed by atoms with Gasteiger partial charge in [0.25, 0.3) is 0 Å². The molecule has 4 heterocycles. The molecule has 25 heteroatoms. The molecule has 30 unspecified atom stereocenters. The Morgan fingerprint density at radius 2 is 1.18 bits per heavy atom. The van der Waals surface area contributed by atoms with Crippen LogP contribution in [0.3, 0.4) is 0 Å². The zero-order valence-corrected chi connectivity index (χ0v) is 45.1. The van der Waals surface area contributed by atoms with Gasteiger partial charge in [0.1, 0.15) is 78.7 Å². The SMILES string of the molecule is CC1OC(OC2C(OC(=O)C34CCC(C)(C)CC3C3=CCC5C6(C)CC(O)C(OC7OC(C(=O)O)C(O)C(O)C7O)C(C)(C(=O)O)C6CCC5(C)C3(C)CC4O)OC(C)C(O)C2O)C(OC2OCC(O)C(O)C2O)C(O)C1O. The molecule has 4 saturated carbocycles. The molecule has 30 atom stereocenters. The lowest BCUT2D eigenvalue weighted by Gasteiger charge is -2.71. The molecule has 4 aliphatic heterocycles. The molecule has 4 saturated heterocycles. The normalized spacial score (nSPS) is 55.0. The van der Waals surface area contributed by atoms with E-state index in [2.05, 4.69) is 33.8 Å². The minimum atomic E-state index is -2.04. The maximum atomic E-state index is 15.5. The minimum Gasteiger partial charge on any atom is -0.481 e. The standard InChI is InChI=1S/C53H82O25/c1-19-28(57)32(61)38(75-42-35(64)30(59)24(55)18-71-42)44(72-19)76-39-33(62)29(58)20(2)73-45(39)78-47(70)53-14-13-48(3,4)15-22(53)21-9-10-25-49(5)16-23(54)40(77-43-36(65)31(60)34(63)37(74-43)41(66)67)52(8,46(68)69)26(49)11-12-50(25,6)51(21,7)17-27(53)56/h9,19-20,22-40,42-45,54-65H,10-18H2,1-8H3,(H,66,67)(H,68,69). The van der Waals surface area contributed by atoms with E-state index >= 15 is 4.79 Å². The molecular weight excluding hydrogens is 1040 g/mol. The molecule has 444 valence electrons. The van der Waals surface area contributed by atoms with Gasteiger partial charge in [-0.25, -0.2) is 4.79 Å². The summed E-state index contributed by atoms with van der Waals surface area (Å²) in [4.78, 5) is 41.2. The van der Waals surface area contributed by atoms with Crippen LogP contribution in [0, 0.1) is 50.2 Å². The Morgan fingerprint density at radius 3 is 1.79 bits per heavy atom. The predicted octanol–water partition coefficient (Wildman–Crippen LogP) is -2.24. The quantitative estimate of drug-likeness (QED) is 0.0625. The van der Waals surface area contributed by atoms with Crippen molar-refractivity contribution in [3.8, 4) is 0 Å². The molecule has 9 rings (SSSR count). The summed E-state index contributed by atoms with van der Waals surface area (Å²) in [7, 11) is 0. The number of aliphatic hydroxyl groups is 12. The molecular formula is C53H82O25. The zero-order valence-electron chi connectivity index (χ0n) is 45.1. The van der Waals surface area contributed by atoms with Crippen molar-refractivity contribution in [2.45, 2.75) is 242 Å². The number of fused-ring (bicyclic) bond motifs is 7. The van der Waals surface area contributed by atoms with E-state index in [4.69, 9.17) is 37.9 Å². The first kappa shape index (κ1) is 60.0. The molecule has 0 bridgehead atoms. The number of carboxylic acids is 2. The largest absolute Gasteiger partial charge is 0.481 e. The number of rotatable bonds is 10. The smallest absolute Gasteiger partial charge is 0.335 e. The van der Waals surface area contributed by atoms with E-state index in [0.29, 0.717) is 25.7 Å². The maximum Gasteiger partial charge on any atom is 0.335 e. The number of hydrogen-bond acceptors (Lipinski definition) is 23. The highest BCUT2D eigenvalue weighted by Gasteiger charge is 2.74. The summed E-state index contributed by atoms with van der Waals surface area (Å²) in [5, 5.41) is 154. The van der Waals surface area contributed by atoms with Crippen LogP contribution in [-0.2, 0) is 52.3 Å². The van der Waals surface area contributed by atoms with Gasteiger partial charge in [0, 0.05) is 0 Å². The molecule has 5 aliphatic carbocycles. The van der Waals surface area contributed by atoms with Crippen molar-refractivity contribution in [3.63, 3.8) is 0 Å². The second-order valence-corrected chi connectivity index (χ2v) is 25.9. The van der Waals surface area contributed by atoms with Crippen LogP contribution < -0.4 is 0 Å². The predicted molar refractivity (Wildman–Crippen MR) is 259 cm³/mol. The van der Waals surface area contributed by atoms with Crippen LogP contribution in [0.1, 0.15) is 107 Å². The van der Waals surface area contributed by atoms with E-state index in [-0.39, 0.29) is 37.0 Å². The fourth-order valence-corrected chi connectivity index (χ4v) is 16.2. The van der Waals surface area contributed by atoms with Gasteiger partial charge in [-0.1, -0.05) is 46.3 Å². The van der Waals surface area contributed by atoms with Gasteiger partial charge in [0.05, 0.1) is 36.4 Å². The number of esters is 1. The van der Waals surface area contributed by atoms with Crippen molar-refractivity contribution < 1.29 is 124 Å². The summed E-state index contributed by atoms with van der Waals surface area (Å²) in [6.07, 6.45) is -33.3. The Kier molecular flexibility index (Phi) is 16.1. The Morgan fingerprint density at radius 1 is 0.590 bits per heavy atom. The highest BCUT2D eigenvalue weighted by Crippen LogP contribution is 2.76. The summed E-state index contributed by atoms with van der Waals surface area (Å²) >= 11 is 0. The second-order valence-electron chi connectivity index (χ2n) is 25.9. The maximum absolute atomic E-state index is 15.5. The number of aliphatic hydroxyl groups excluding tert-OH is 12. The summed E-state index contributed by atoms with van der Waals surface area (Å²) < 4.78 is 47.3. The van der Waals surface area contributed by atoms with Gasteiger partial charge in [0.15, 0.2) is 31.1 Å². The Bertz CT molecular complexity index is 2290. The third-order valence-electron chi connectivity index (χ3n) is 21.0. The molecule has 0 aromatic carbocycles. The summed E-state index contributed by atoms with van der Waals surface area (Å²) in [5.74, 6) is -5.59. The molecule has 0 spiro atoms. The minimum absolute atomic E-state index is 0.0132. The van der Waals surface area contributed by atoms with Crippen molar-refractivity contribution in [2.24, 2.45) is 50.2 Å². The van der Waals surface area contributed by atoms with Crippen LogP contribution in [0.4, 0.5) is 0 Å². The number of ether oxygens (including phenoxy) is 8. The average Bonchev–Trinajstić information content (AvgIpc) is 3.07. The number of aliphatic carboxylic acids is 2. The Labute approximate surface area is 450 Å². The summed E-state index contributed by atoms with van der Waals surface area (Å²) in [6.45, 7) is 14.0. The molecule has 78 heavy (non-hydrogen) atoms. The Balaban J connectivity index is 1.01. The number of carboxylic acid groups (broad SMARTS) is 2. The fraction of sp³-hybridized carbons (Fsp3) is 0.906. The average molecular weight is 1120 g/mol. The van der Waals surface area contributed by atoms with E-state index in [0.717, 1.165) is 5.57 Å². The van der Waals surface area contributed by atoms with Crippen molar-refractivity contribution in [3.05, 3.63) is 11.6 Å². The number of hydrogen-bond donors (Lipinski definition) is 14. The van der Waals surface area contributed by atoms with Gasteiger partial charge in [0.2, 0.25) is 6.29 Å². The Hall–Kier alpha value is -2.61. The van der Waals surface area contributed by atoms with E-state index in [9.17, 15) is 81.1 Å². The van der Waals surface area contributed by atoms with Gasteiger partial charge in [-0.2, -0.15) is 0 Å². The number of allylic oxidation sites excluding steroid dienone is 2. The van der Waals surface area contributed by atoms with Gasteiger partial charge in [-0.3, -0.25) is 9.59 Å². The molecule has 0 aromatic rings. The first-order chi connectivity index (χ1) is 36.2. The lowest BCUT2D eigenvalue weighted by Crippen LogP contribution is -2.71. The molecule has 14 N–H and O–H groups in total. The lowest BCUT2D eigenvalue weighted by atomic mass is 9.33. The molecule has 25 nitrogen and oxygen atoms in total. The van der Waals surface area contributed by atoms with Crippen molar-refractivity contribution in [1.29, 1.82) is 0 Å². The fourth-order valence-electron chi connectivity index (χ4n) is 16.2. The zero-order chi connectivity index (χ0) is 57.5. The van der Waals surface area contributed by atoms with Crippen LogP contribution in [-0.4, -0.2) is 231 Å². The molecule has 9 aliphatic rings. The van der Waals surface area contributed by atoms with Crippen molar-refractivity contribution in [2.75, 3.05) is 6.61 Å². The molecule has 0 aromatic heterocycles. The van der Waals surface area contributed by atoms with E-state index in [1.54, 1.807) is 0 Å². The van der Waals surface area contributed by atoms with Gasteiger partial charge >= 0.3 is 17.9 Å². The highest BCUT2D eigenvalue weighted by atomic mass is 16.8. The van der Waals surface area contributed by atoms with E-state index < -0.39 is 198 Å². The third-order valence-corrected chi connectivity index (χ3v) is 21.0. The van der Waals surface area contributed by atoms with Crippen LogP contribution >= 0.6 is 0 Å². The number of carbonyl (C=O) groups excluding carboxylic acids is 1. The van der Waals surface area contributed by atoms with Gasteiger partial charge in [-0.05, 0) is 112 Å². The topological polar surface area (TPSA) is 408 Å². The van der Waals surface area contributed by atoms with Crippen LogP contribution in [0.25, 0.3) is 0 Å². The molecule has 0 radical (unpaired) electrons. The first-order valence-corrected chi connectivity index (χ1v) is 27.3. The summed E-state index contributed by atoms with van der Waals surface area (Å²) in [5.41, 5.74) is -5.48. The van der Waals surface area contributed by atoms with Gasteiger partial charge < -0.3 is 109 Å². The highest BCUT2D eigenvalue weighted by molar-refractivity contribution is 5.80. The van der Waals surface area contributed by atoms with Crippen molar-refractivity contribution in [1.82, 2.24) is 0 Å². The van der Waals surface area contributed by atoms with Gasteiger partial charge in [-0.15, -0.1) is 0 Å². The van der Waals surface area contributed by atoms with Crippen molar-refractivity contribution >= 4 is 17.9 Å².